The summed E-state index contributed by atoms with van der Waals surface area (Å²) in [7, 11) is 0. The molecule has 0 unspecified atom stereocenters. The number of carbonyl (C=O) groups is 2. The summed E-state index contributed by atoms with van der Waals surface area (Å²) in [6.45, 7) is 4.23. The second kappa shape index (κ2) is 9.36. The molecule has 0 aliphatic heterocycles. The quantitative estimate of drug-likeness (QED) is 0.429. The summed E-state index contributed by atoms with van der Waals surface area (Å²) < 4.78 is 0. The van der Waals surface area contributed by atoms with Gasteiger partial charge in [-0.25, -0.2) is 5.43 Å². The first-order chi connectivity index (χ1) is 12.4. The fourth-order valence-corrected chi connectivity index (χ4v) is 2.47. The van der Waals surface area contributed by atoms with Gasteiger partial charge in [-0.1, -0.05) is 67.4 Å². The lowest BCUT2D eigenvalue weighted by atomic mass is 10.0. The van der Waals surface area contributed by atoms with E-state index in [1.54, 1.807) is 18.2 Å². The van der Waals surface area contributed by atoms with Crippen LogP contribution in [0.1, 0.15) is 37.3 Å². The highest BCUT2D eigenvalue weighted by Crippen LogP contribution is 2.29. The topological polar surface area (TPSA) is 70.6 Å². The number of carbonyl (C=O) groups excluding carboxylic acids is 2. The number of halogens is 2. The molecule has 2 N–H and O–H groups in total. The van der Waals surface area contributed by atoms with Gasteiger partial charge in [0, 0.05) is 0 Å². The molecule has 0 aliphatic carbocycles. The molecule has 2 amide bonds. The third-order valence-corrected chi connectivity index (χ3v) is 4.37. The molecule has 2 aromatic rings. The highest BCUT2D eigenvalue weighted by Gasteiger charge is 2.12. The molecule has 0 heterocycles. The monoisotopic (exact) mass is 391 g/mol. The highest BCUT2D eigenvalue weighted by atomic mass is 35.5. The van der Waals surface area contributed by atoms with Crippen molar-refractivity contribution in [1.29, 1.82) is 0 Å². The van der Waals surface area contributed by atoms with E-state index >= 15 is 0 Å². The minimum absolute atomic E-state index is 0.228. The van der Waals surface area contributed by atoms with Gasteiger partial charge in [-0.15, -0.1) is 0 Å². The summed E-state index contributed by atoms with van der Waals surface area (Å²) in [6.07, 6.45) is 1.14. The molecule has 0 spiro atoms. The van der Waals surface area contributed by atoms with E-state index in [2.05, 4.69) is 29.7 Å². The number of hydrazone groups is 1. The smallest absolute Gasteiger partial charge is 0.249 e. The summed E-state index contributed by atoms with van der Waals surface area (Å²) in [4.78, 5) is 23.7. The molecule has 0 fully saturated rings. The number of amides is 2. The van der Waals surface area contributed by atoms with Gasteiger partial charge in [0.25, 0.3) is 0 Å². The zero-order valence-electron chi connectivity index (χ0n) is 14.4. The predicted octanol–water partition coefficient (Wildman–Crippen LogP) is 4.60. The van der Waals surface area contributed by atoms with E-state index in [0.717, 1.165) is 5.56 Å². The molecule has 0 bridgehead atoms. The number of benzene rings is 2. The first-order valence-electron chi connectivity index (χ1n) is 8.02. The van der Waals surface area contributed by atoms with Gasteiger partial charge in [0.15, 0.2) is 0 Å². The Kier molecular flexibility index (Phi) is 7.18. The average Bonchev–Trinajstić information content (AvgIpc) is 2.59. The summed E-state index contributed by atoms with van der Waals surface area (Å²) in [5, 5.41) is 6.94. The van der Waals surface area contributed by atoms with Crippen LogP contribution in [0.15, 0.2) is 47.6 Å². The second-order valence-corrected chi connectivity index (χ2v) is 6.73. The summed E-state index contributed by atoms with van der Waals surface area (Å²) in [5.74, 6) is -0.592. The molecule has 0 saturated heterocycles. The van der Waals surface area contributed by atoms with Crippen molar-refractivity contribution in [1.82, 2.24) is 5.43 Å². The Morgan fingerprint density at radius 1 is 1.08 bits per heavy atom. The van der Waals surface area contributed by atoms with Crippen molar-refractivity contribution in [3.63, 3.8) is 0 Å². The SMILES string of the molecule is CC(C)c1ccc(C=NNC(=O)CC(=O)Nc2cccc(Cl)c2Cl)cc1. The van der Waals surface area contributed by atoms with E-state index < -0.39 is 11.8 Å². The Morgan fingerprint density at radius 2 is 1.77 bits per heavy atom. The van der Waals surface area contributed by atoms with Crippen LogP contribution < -0.4 is 10.7 Å². The van der Waals surface area contributed by atoms with Gasteiger partial charge < -0.3 is 5.32 Å². The molecule has 0 aromatic heterocycles. The molecule has 136 valence electrons. The molecular weight excluding hydrogens is 373 g/mol. The Labute approximate surface area is 162 Å². The van der Waals surface area contributed by atoms with E-state index in [9.17, 15) is 9.59 Å². The fourth-order valence-electron chi connectivity index (χ4n) is 2.13. The predicted molar refractivity (Wildman–Crippen MR) is 106 cm³/mol. The Morgan fingerprint density at radius 3 is 2.42 bits per heavy atom. The Bertz CT molecular complexity index is 818. The van der Waals surface area contributed by atoms with Crippen molar-refractivity contribution >= 4 is 46.9 Å². The van der Waals surface area contributed by atoms with E-state index in [0.29, 0.717) is 16.6 Å². The Hall–Kier alpha value is -2.37. The zero-order chi connectivity index (χ0) is 19.1. The van der Waals surface area contributed by atoms with Gasteiger partial charge in [-0.05, 0) is 29.2 Å². The first kappa shape index (κ1) is 19.9. The number of hydrogen-bond donors (Lipinski definition) is 2. The minimum atomic E-state index is -0.532. The first-order valence-corrected chi connectivity index (χ1v) is 8.78. The van der Waals surface area contributed by atoms with Crippen LogP contribution in [0.4, 0.5) is 5.69 Å². The van der Waals surface area contributed by atoms with Crippen LogP contribution in [0.2, 0.25) is 10.0 Å². The van der Waals surface area contributed by atoms with Crippen molar-refractivity contribution in [2.24, 2.45) is 5.10 Å². The summed E-state index contributed by atoms with van der Waals surface area (Å²) in [6, 6.07) is 12.7. The molecule has 0 saturated carbocycles. The molecular formula is C19H19Cl2N3O2. The number of hydrogen-bond acceptors (Lipinski definition) is 3. The largest absolute Gasteiger partial charge is 0.324 e. The Balaban J connectivity index is 1.84. The van der Waals surface area contributed by atoms with Crippen LogP contribution >= 0.6 is 23.2 Å². The van der Waals surface area contributed by atoms with E-state index in [-0.39, 0.29) is 11.4 Å². The molecule has 5 nitrogen and oxygen atoms in total. The molecule has 26 heavy (non-hydrogen) atoms. The maximum atomic E-state index is 11.9. The third-order valence-electron chi connectivity index (χ3n) is 3.55. The number of nitrogens with zero attached hydrogens (tertiary/aromatic N) is 1. The van der Waals surface area contributed by atoms with Crippen LogP contribution in [-0.4, -0.2) is 18.0 Å². The standard InChI is InChI=1S/C19H19Cl2N3O2/c1-12(2)14-8-6-13(7-9-14)11-22-24-18(26)10-17(25)23-16-5-3-4-15(20)19(16)21/h3-9,11-12H,10H2,1-2H3,(H,23,25)(H,24,26). The summed E-state index contributed by atoms with van der Waals surface area (Å²) >= 11 is 11.9. The van der Waals surface area contributed by atoms with Crippen molar-refractivity contribution in [3.8, 4) is 0 Å². The van der Waals surface area contributed by atoms with Crippen molar-refractivity contribution in [2.75, 3.05) is 5.32 Å². The van der Waals surface area contributed by atoms with Crippen LogP contribution in [0.3, 0.4) is 0 Å². The molecule has 2 aromatic carbocycles. The van der Waals surface area contributed by atoms with Gasteiger partial charge >= 0.3 is 0 Å². The van der Waals surface area contributed by atoms with Gasteiger partial charge in [-0.3, -0.25) is 9.59 Å². The third kappa shape index (κ3) is 5.86. The van der Waals surface area contributed by atoms with E-state index in [1.807, 2.05) is 24.3 Å². The molecule has 7 heteroatoms. The van der Waals surface area contributed by atoms with Crippen LogP contribution in [-0.2, 0) is 9.59 Å². The van der Waals surface area contributed by atoms with Crippen molar-refractivity contribution in [2.45, 2.75) is 26.2 Å². The average molecular weight is 392 g/mol. The number of rotatable bonds is 6. The van der Waals surface area contributed by atoms with Crippen LogP contribution in [0.25, 0.3) is 0 Å². The van der Waals surface area contributed by atoms with E-state index in [4.69, 9.17) is 23.2 Å². The lowest BCUT2D eigenvalue weighted by molar-refractivity contribution is -0.126. The molecule has 2 rings (SSSR count). The van der Waals surface area contributed by atoms with Crippen molar-refractivity contribution < 1.29 is 9.59 Å². The van der Waals surface area contributed by atoms with Gasteiger partial charge in [0.05, 0.1) is 21.9 Å². The lowest BCUT2D eigenvalue weighted by Crippen LogP contribution is -2.24. The zero-order valence-corrected chi connectivity index (χ0v) is 15.9. The normalized spacial score (nSPS) is 11.0. The van der Waals surface area contributed by atoms with Gasteiger partial charge in [0.1, 0.15) is 6.42 Å². The van der Waals surface area contributed by atoms with Crippen LogP contribution in [0, 0.1) is 0 Å². The lowest BCUT2D eigenvalue weighted by Gasteiger charge is -2.07. The fraction of sp³-hybridized carbons (Fsp3) is 0.211. The van der Waals surface area contributed by atoms with E-state index in [1.165, 1.54) is 11.8 Å². The van der Waals surface area contributed by atoms with Gasteiger partial charge in [-0.2, -0.15) is 5.10 Å². The number of anilines is 1. The number of nitrogens with one attached hydrogen (secondary N) is 2. The maximum absolute atomic E-state index is 11.9. The highest BCUT2D eigenvalue weighted by molar-refractivity contribution is 6.44. The molecule has 0 aliphatic rings. The minimum Gasteiger partial charge on any atom is -0.324 e. The van der Waals surface area contributed by atoms with Crippen LogP contribution in [0.5, 0.6) is 0 Å². The second-order valence-electron chi connectivity index (χ2n) is 5.94. The maximum Gasteiger partial charge on any atom is 0.249 e. The summed E-state index contributed by atoms with van der Waals surface area (Å²) in [5.41, 5.74) is 4.75. The van der Waals surface area contributed by atoms with Crippen molar-refractivity contribution in [3.05, 3.63) is 63.6 Å². The molecule has 0 radical (unpaired) electrons. The molecule has 0 atom stereocenters. The van der Waals surface area contributed by atoms with Gasteiger partial charge in [0.2, 0.25) is 11.8 Å².